The van der Waals surface area contributed by atoms with Crippen molar-refractivity contribution in [2.24, 2.45) is 0 Å². The lowest BCUT2D eigenvalue weighted by Gasteiger charge is -2.18. The third-order valence-corrected chi connectivity index (χ3v) is 3.34. The number of rotatable bonds is 5. The van der Waals surface area contributed by atoms with Crippen molar-refractivity contribution in [3.63, 3.8) is 0 Å². The fourth-order valence-electron chi connectivity index (χ4n) is 2.16. The summed E-state index contributed by atoms with van der Waals surface area (Å²) < 4.78 is 6.51. The molecular formula is C14H18BrNO. The molecule has 1 N–H and O–H groups in total. The summed E-state index contributed by atoms with van der Waals surface area (Å²) in [4.78, 5) is 0. The van der Waals surface area contributed by atoms with Crippen LogP contribution in [0.15, 0.2) is 29.3 Å². The first-order chi connectivity index (χ1) is 8.20. The molecule has 1 aliphatic heterocycles. The van der Waals surface area contributed by atoms with Crippen molar-refractivity contribution in [3.8, 4) is 5.75 Å². The van der Waals surface area contributed by atoms with Crippen LogP contribution >= 0.6 is 15.9 Å². The third kappa shape index (κ3) is 3.11. The van der Waals surface area contributed by atoms with Gasteiger partial charge in [-0.05, 0) is 23.6 Å². The molecule has 0 aromatic heterocycles. The van der Waals surface area contributed by atoms with Crippen molar-refractivity contribution in [2.45, 2.75) is 25.8 Å². The van der Waals surface area contributed by atoms with Crippen molar-refractivity contribution < 1.29 is 4.74 Å². The van der Waals surface area contributed by atoms with E-state index < -0.39 is 0 Å². The lowest BCUT2D eigenvalue weighted by atomic mass is 10.0. The fraction of sp³-hybridized carbons (Fsp3) is 0.429. The van der Waals surface area contributed by atoms with E-state index in [9.17, 15) is 0 Å². The Morgan fingerprint density at radius 3 is 3.12 bits per heavy atom. The predicted octanol–water partition coefficient (Wildman–Crippen LogP) is 3.57. The van der Waals surface area contributed by atoms with Gasteiger partial charge in [0.2, 0.25) is 0 Å². The Labute approximate surface area is 111 Å². The smallest absolute Gasteiger partial charge is 0.122 e. The molecule has 17 heavy (non-hydrogen) atoms. The standard InChI is InChI=1S/C14H18BrNO/c1-3-13(16-9-10(2)15)11-4-5-14-12(8-11)6-7-17-14/h4-5,8,13,16H,2-3,6-7,9H2,1H3. The van der Waals surface area contributed by atoms with Gasteiger partial charge in [-0.15, -0.1) is 0 Å². The predicted molar refractivity (Wildman–Crippen MR) is 74.7 cm³/mol. The van der Waals surface area contributed by atoms with Crippen LogP contribution in [-0.2, 0) is 6.42 Å². The number of benzene rings is 1. The molecule has 1 unspecified atom stereocenters. The van der Waals surface area contributed by atoms with Crippen molar-refractivity contribution in [2.75, 3.05) is 13.2 Å². The van der Waals surface area contributed by atoms with Crippen LogP contribution in [0.3, 0.4) is 0 Å². The summed E-state index contributed by atoms with van der Waals surface area (Å²) in [5, 5.41) is 3.49. The summed E-state index contributed by atoms with van der Waals surface area (Å²) in [5.41, 5.74) is 2.67. The molecule has 92 valence electrons. The lowest BCUT2D eigenvalue weighted by molar-refractivity contribution is 0.356. The van der Waals surface area contributed by atoms with E-state index in [4.69, 9.17) is 4.74 Å². The molecule has 3 heteroatoms. The Morgan fingerprint density at radius 1 is 1.59 bits per heavy atom. The first kappa shape index (κ1) is 12.7. The molecule has 0 aliphatic carbocycles. The maximum absolute atomic E-state index is 5.52. The number of hydrogen-bond acceptors (Lipinski definition) is 2. The summed E-state index contributed by atoms with van der Waals surface area (Å²) in [6.07, 6.45) is 2.10. The Kier molecular flexibility index (Phi) is 4.24. The molecular weight excluding hydrogens is 278 g/mol. The summed E-state index contributed by atoms with van der Waals surface area (Å²) >= 11 is 3.38. The van der Waals surface area contributed by atoms with Gasteiger partial charge in [0.25, 0.3) is 0 Å². The normalized spacial score (nSPS) is 15.2. The van der Waals surface area contributed by atoms with E-state index in [1.54, 1.807) is 0 Å². The highest BCUT2D eigenvalue weighted by Gasteiger charge is 2.15. The minimum Gasteiger partial charge on any atom is -0.493 e. The minimum atomic E-state index is 0.384. The van der Waals surface area contributed by atoms with Gasteiger partial charge in [-0.25, -0.2) is 0 Å². The highest BCUT2D eigenvalue weighted by atomic mass is 79.9. The van der Waals surface area contributed by atoms with Gasteiger partial charge in [-0.3, -0.25) is 0 Å². The molecule has 1 aliphatic rings. The molecule has 1 aromatic rings. The number of fused-ring (bicyclic) bond motifs is 1. The van der Waals surface area contributed by atoms with Crippen LogP contribution in [0.2, 0.25) is 0 Å². The minimum absolute atomic E-state index is 0.384. The van der Waals surface area contributed by atoms with Gasteiger partial charge in [0.1, 0.15) is 5.75 Å². The van der Waals surface area contributed by atoms with Crippen molar-refractivity contribution in [3.05, 3.63) is 40.4 Å². The molecule has 0 fully saturated rings. The van der Waals surface area contributed by atoms with Gasteiger partial charge in [0.15, 0.2) is 0 Å². The molecule has 0 amide bonds. The van der Waals surface area contributed by atoms with Gasteiger partial charge >= 0.3 is 0 Å². The fourth-order valence-corrected chi connectivity index (χ4v) is 2.32. The zero-order valence-electron chi connectivity index (χ0n) is 10.1. The van der Waals surface area contributed by atoms with E-state index in [1.807, 2.05) is 0 Å². The van der Waals surface area contributed by atoms with Gasteiger partial charge in [-0.1, -0.05) is 41.6 Å². The van der Waals surface area contributed by atoms with Gasteiger partial charge in [-0.2, -0.15) is 0 Å². The zero-order valence-corrected chi connectivity index (χ0v) is 11.7. The molecule has 0 bridgehead atoms. The second-order valence-electron chi connectivity index (χ2n) is 4.32. The van der Waals surface area contributed by atoms with Crippen LogP contribution in [-0.4, -0.2) is 13.2 Å². The molecule has 2 rings (SSSR count). The molecule has 0 saturated heterocycles. The third-order valence-electron chi connectivity index (χ3n) is 3.06. The summed E-state index contributed by atoms with van der Waals surface area (Å²) in [7, 11) is 0. The summed E-state index contributed by atoms with van der Waals surface area (Å²) in [6, 6.07) is 6.89. The van der Waals surface area contributed by atoms with Crippen LogP contribution < -0.4 is 10.1 Å². The van der Waals surface area contributed by atoms with Crippen LogP contribution in [0.5, 0.6) is 5.75 Å². The Hall–Kier alpha value is -0.800. The van der Waals surface area contributed by atoms with Crippen LogP contribution in [0.4, 0.5) is 0 Å². The van der Waals surface area contributed by atoms with E-state index in [1.165, 1.54) is 11.1 Å². The van der Waals surface area contributed by atoms with Crippen molar-refractivity contribution >= 4 is 15.9 Å². The highest BCUT2D eigenvalue weighted by molar-refractivity contribution is 9.11. The Morgan fingerprint density at radius 2 is 2.41 bits per heavy atom. The maximum Gasteiger partial charge on any atom is 0.122 e. The van der Waals surface area contributed by atoms with Crippen molar-refractivity contribution in [1.82, 2.24) is 5.32 Å². The van der Waals surface area contributed by atoms with Crippen LogP contribution in [0.1, 0.15) is 30.5 Å². The molecule has 0 spiro atoms. The molecule has 1 heterocycles. The quantitative estimate of drug-likeness (QED) is 0.897. The van der Waals surface area contributed by atoms with E-state index in [-0.39, 0.29) is 0 Å². The summed E-state index contributed by atoms with van der Waals surface area (Å²) in [5.74, 6) is 1.05. The number of hydrogen-bond donors (Lipinski definition) is 1. The Bertz CT molecular complexity index is 417. The van der Waals surface area contributed by atoms with Crippen LogP contribution in [0, 0.1) is 0 Å². The van der Waals surface area contributed by atoms with Crippen molar-refractivity contribution in [1.29, 1.82) is 0 Å². The molecule has 0 saturated carbocycles. The number of halogens is 1. The van der Waals surface area contributed by atoms with Gasteiger partial charge in [0.05, 0.1) is 6.61 Å². The number of ether oxygens (including phenoxy) is 1. The highest BCUT2D eigenvalue weighted by Crippen LogP contribution is 2.29. The summed E-state index contributed by atoms with van der Waals surface area (Å²) in [6.45, 7) is 7.66. The second-order valence-corrected chi connectivity index (χ2v) is 5.45. The van der Waals surface area contributed by atoms with E-state index in [2.05, 4.69) is 52.9 Å². The van der Waals surface area contributed by atoms with Crippen LogP contribution in [0.25, 0.3) is 0 Å². The van der Waals surface area contributed by atoms with Gasteiger partial charge in [0, 0.05) is 23.5 Å². The lowest BCUT2D eigenvalue weighted by Crippen LogP contribution is -2.21. The monoisotopic (exact) mass is 295 g/mol. The van der Waals surface area contributed by atoms with Gasteiger partial charge < -0.3 is 10.1 Å². The molecule has 1 atom stereocenters. The largest absolute Gasteiger partial charge is 0.493 e. The average Bonchev–Trinajstić information content (AvgIpc) is 2.76. The molecule has 0 radical (unpaired) electrons. The first-order valence-corrected chi connectivity index (χ1v) is 6.82. The topological polar surface area (TPSA) is 21.3 Å². The average molecular weight is 296 g/mol. The van der Waals surface area contributed by atoms with E-state index >= 15 is 0 Å². The SMILES string of the molecule is C=C(Br)CNC(CC)c1ccc2c(c1)CCO2. The zero-order chi connectivity index (χ0) is 12.3. The van der Waals surface area contributed by atoms with E-state index in [0.717, 1.165) is 36.2 Å². The molecule has 2 nitrogen and oxygen atoms in total. The first-order valence-electron chi connectivity index (χ1n) is 6.03. The number of nitrogens with one attached hydrogen (secondary N) is 1. The maximum atomic E-state index is 5.52. The molecule has 1 aromatic carbocycles. The van der Waals surface area contributed by atoms with E-state index in [0.29, 0.717) is 6.04 Å². The Balaban J connectivity index is 2.11. The second kappa shape index (κ2) is 5.69.